The van der Waals surface area contributed by atoms with Gasteiger partial charge in [-0.3, -0.25) is 0 Å². The van der Waals surface area contributed by atoms with Crippen LogP contribution in [-0.4, -0.2) is 64.2 Å². The van der Waals surface area contributed by atoms with Crippen LogP contribution < -0.4 is 0 Å². The lowest BCUT2D eigenvalue weighted by molar-refractivity contribution is -0.110. The molecule has 4 nitrogen and oxygen atoms in total. The summed E-state index contributed by atoms with van der Waals surface area (Å²) >= 11 is 0. The molecule has 0 heterocycles. The summed E-state index contributed by atoms with van der Waals surface area (Å²) in [4.78, 5) is 2.13. The first-order chi connectivity index (χ1) is 7.72. The van der Waals surface area contributed by atoms with Gasteiger partial charge in [0.2, 0.25) is 0 Å². The van der Waals surface area contributed by atoms with Gasteiger partial charge in [-0.1, -0.05) is 0 Å². The number of rotatable bonds is 9. The molecule has 0 unspecified atom stereocenters. The normalized spacial score (nSPS) is 24.8. The van der Waals surface area contributed by atoms with Crippen LogP contribution >= 0.6 is 0 Å². The van der Waals surface area contributed by atoms with E-state index in [9.17, 15) is 0 Å². The first kappa shape index (κ1) is 13.9. The van der Waals surface area contributed by atoms with Gasteiger partial charge in [-0.15, -0.1) is 0 Å². The zero-order valence-electron chi connectivity index (χ0n) is 10.8. The fraction of sp³-hybridized carbons (Fsp3) is 1.00. The molecule has 0 aromatic heterocycles. The molecule has 16 heavy (non-hydrogen) atoms. The molecule has 1 saturated carbocycles. The SMILES string of the molecule is CCOCCO[C@H]1C[C@H](OCCN(C)C)C1. The standard InChI is InChI=1S/C12H25NO3/c1-4-14-7-8-16-12-9-11(10-12)15-6-5-13(2)3/h11-12H,4-10H2,1-3H3/t11-,12-. The van der Waals surface area contributed by atoms with E-state index in [1.807, 2.05) is 6.92 Å². The highest BCUT2D eigenvalue weighted by atomic mass is 16.5. The van der Waals surface area contributed by atoms with Gasteiger partial charge < -0.3 is 19.1 Å². The van der Waals surface area contributed by atoms with Crippen molar-refractivity contribution in [3.8, 4) is 0 Å². The largest absolute Gasteiger partial charge is 0.379 e. The van der Waals surface area contributed by atoms with E-state index in [-0.39, 0.29) is 0 Å². The molecule has 0 amide bonds. The van der Waals surface area contributed by atoms with Crippen molar-refractivity contribution < 1.29 is 14.2 Å². The second-order valence-corrected chi connectivity index (χ2v) is 4.46. The Bertz CT molecular complexity index is 170. The fourth-order valence-corrected chi connectivity index (χ4v) is 1.61. The molecular weight excluding hydrogens is 206 g/mol. The number of likely N-dealkylation sites (N-methyl/N-ethyl adjacent to an activating group) is 1. The highest BCUT2D eigenvalue weighted by Gasteiger charge is 2.30. The second kappa shape index (κ2) is 8.01. The number of nitrogens with zero attached hydrogens (tertiary/aromatic N) is 1. The van der Waals surface area contributed by atoms with E-state index in [0.717, 1.165) is 32.6 Å². The smallest absolute Gasteiger partial charge is 0.0704 e. The van der Waals surface area contributed by atoms with Crippen LogP contribution in [0.4, 0.5) is 0 Å². The topological polar surface area (TPSA) is 30.9 Å². The van der Waals surface area contributed by atoms with Crippen molar-refractivity contribution in [3.63, 3.8) is 0 Å². The molecule has 0 bridgehead atoms. The van der Waals surface area contributed by atoms with E-state index in [4.69, 9.17) is 14.2 Å². The van der Waals surface area contributed by atoms with Gasteiger partial charge in [-0.05, 0) is 33.9 Å². The first-order valence-electron chi connectivity index (χ1n) is 6.18. The van der Waals surface area contributed by atoms with E-state index in [0.29, 0.717) is 25.4 Å². The Kier molecular flexibility index (Phi) is 6.96. The highest BCUT2D eigenvalue weighted by molar-refractivity contribution is 4.81. The summed E-state index contributed by atoms with van der Waals surface area (Å²) in [6.07, 6.45) is 2.89. The predicted molar refractivity (Wildman–Crippen MR) is 63.8 cm³/mol. The van der Waals surface area contributed by atoms with Crippen LogP contribution in [0.5, 0.6) is 0 Å². The van der Waals surface area contributed by atoms with Gasteiger partial charge in [-0.25, -0.2) is 0 Å². The second-order valence-electron chi connectivity index (χ2n) is 4.46. The van der Waals surface area contributed by atoms with E-state index < -0.39 is 0 Å². The van der Waals surface area contributed by atoms with Gasteiger partial charge in [0, 0.05) is 13.2 Å². The minimum absolute atomic E-state index is 0.393. The third kappa shape index (κ3) is 5.80. The molecular formula is C12H25NO3. The van der Waals surface area contributed by atoms with E-state index in [2.05, 4.69) is 19.0 Å². The van der Waals surface area contributed by atoms with Gasteiger partial charge in [0.25, 0.3) is 0 Å². The molecule has 0 spiro atoms. The molecule has 0 aromatic rings. The van der Waals surface area contributed by atoms with Crippen LogP contribution in [0.15, 0.2) is 0 Å². The quantitative estimate of drug-likeness (QED) is 0.557. The lowest BCUT2D eigenvalue weighted by Crippen LogP contribution is -2.39. The van der Waals surface area contributed by atoms with E-state index >= 15 is 0 Å². The Labute approximate surface area is 98.8 Å². The van der Waals surface area contributed by atoms with Crippen LogP contribution in [0.1, 0.15) is 19.8 Å². The van der Waals surface area contributed by atoms with Crippen molar-refractivity contribution in [2.45, 2.75) is 32.0 Å². The Morgan fingerprint density at radius 1 is 1.00 bits per heavy atom. The molecule has 0 aliphatic heterocycles. The maximum absolute atomic E-state index is 5.69. The third-order valence-electron chi connectivity index (χ3n) is 2.73. The molecule has 1 rings (SSSR count). The van der Waals surface area contributed by atoms with Crippen molar-refractivity contribution in [1.82, 2.24) is 4.90 Å². The van der Waals surface area contributed by atoms with E-state index in [1.165, 1.54) is 0 Å². The molecule has 0 aromatic carbocycles. The molecule has 1 aliphatic rings. The van der Waals surface area contributed by atoms with Crippen molar-refractivity contribution in [1.29, 1.82) is 0 Å². The maximum Gasteiger partial charge on any atom is 0.0704 e. The molecule has 96 valence electrons. The molecule has 0 atom stereocenters. The van der Waals surface area contributed by atoms with Crippen molar-refractivity contribution >= 4 is 0 Å². The van der Waals surface area contributed by atoms with Gasteiger partial charge in [0.05, 0.1) is 32.0 Å². The number of hydrogen-bond acceptors (Lipinski definition) is 4. The zero-order chi connectivity index (χ0) is 11.8. The van der Waals surface area contributed by atoms with Crippen LogP contribution in [-0.2, 0) is 14.2 Å². The van der Waals surface area contributed by atoms with Crippen LogP contribution in [0, 0.1) is 0 Å². The first-order valence-corrected chi connectivity index (χ1v) is 6.18. The zero-order valence-corrected chi connectivity index (χ0v) is 10.8. The Balaban J connectivity index is 1.85. The van der Waals surface area contributed by atoms with Gasteiger partial charge in [-0.2, -0.15) is 0 Å². The highest BCUT2D eigenvalue weighted by Crippen LogP contribution is 2.26. The third-order valence-corrected chi connectivity index (χ3v) is 2.73. The fourth-order valence-electron chi connectivity index (χ4n) is 1.61. The summed E-state index contributed by atoms with van der Waals surface area (Å²) in [5.74, 6) is 0. The molecule has 4 heteroatoms. The average molecular weight is 231 g/mol. The Morgan fingerprint density at radius 2 is 1.62 bits per heavy atom. The minimum Gasteiger partial charge on any atom is -0.379 e. The number of hydrogen-bond donors (Lipinski definition) is 0. The molecule has 0 saturated heterocycles. The monoisotopic (exact) mass is 231 g/mol. The maximum atomic E-state index is 5.69. The summed E-state index contributed by atoms with van der Waals surface area (Å²) in [5, 5.41) is 0. The number of ether oxygens (including phenoxy) is 3. The van der Waals surface area contributed by atoms with Gasteiger partial charge in [0.15, 0.2) is 0 Å². The summed E-state index contributed by atoms with van der Waals surface area (Å²) in [6.45, 7) is 6.00. The summed E-state index contributed by atoms with van der Waals surface area (Å²) < 4.78 is 16.5. The summed E-state index contributed by atoms with van der Waals surface area (Å²) in [5.41, 5.74) is 0. The van der Waals surface area contributed by atoms with Crippen molar-refractivity contribution in [2.75, 3.05) is 47.1 Å². The lowest BCUT2D eigenvalue weighted by Gasteiger charge is -2.35. The van der Waals surface area contributed by atoms with Gasteiger partial charge in [0.1, 0.15) is 0 Å². The molecule has 1 aliphatic carbocycles. The summed E-state index contributed by atoms with van der Waals surface area (Å²) in [6, 6.07) is 0. The van der Waals surface area contributed by atoms with Crippen LogP contribution in [0.2, 0.25) is 0 Å². The van der Waals surface area contributed by atoms with E-state index in [1.54, 1.807) is 0 Å². The predicted octanol–water partition coefficient (Wildman–Crippen LogP) is 1.15. The summed E-state index contributed by atoms with van der Waals surface area (Å²) in [7, 11) is 4.12. The molecule has 0 N–H and O–H groups in total. The Morgan fingerprint density at radius 3 is 2.19 bits per heavy atom. The lowest BCUT2D eigenvalue weighted by atomic mass is 9.92. The minimum atomic E-state index is 0.393. The van der Waals surface area contributed by atoms with Crippen molar-refractivity contribution in [2.24, 2.45) is 0 Å². The van der Waals surface area contributed by atoms with Crippen LogP contribution in [0.3, 0.4) is 0 Å². The average Bonchev–Trinajstić information content (AvgIpc) is 2.18. The van der Waals surface area contributed by atoms with Crippen molar-refractivity contribution in [3.05, 3.63) is 0 Å². The Hall–Kier alpha value is -0.160. The van der Waals surface area contributed by atoms with Crippen LogP contribution in [0.25, 0.3) is 0 Å². The van der Waals surface area contributed by atoms with Gasteiger partial charge >= 0.3 is 0 Å². The molecule has 1 fully saturated rings. The molecule has 0 radical (unpaired) electrons.